The molecule has 1 aliphatic rings. The highest BCUT2D eigenvalue weighted by molar-refractivity contribution is 7.92. The monoisotopic (exact) mass is 595 g/mol. The highest BCUT2D eigenvalue weighted by Gasteiger charge is 2.25. The SMILES string of the molecule is CC[C@@H](CNc1nccc(-c2cn(C3CCCCO3)nc2-c2cc(Cl)cc(NS(C)(=O)=O)c2F)n1)NC(=O)OC. The summed E-state index contributed by atoms with van der Waals surface area (Å²) < 4.78 is 53.8. The first-order valence-electron chi connectivity index (χ1n) is 12.7. The number of amides is 1. The summed E-state index contributed by atoms with van der Waals surface area (Å²) in [5, 5.41) is 10.6. The average molecular weight is 596 g/mol. The summed E-state index contributed by atoms with van der Waals surface area (Å²) in [6, 6.07) is 4.00. The molecule has 1 saturated heterocycles. The molecular formula is C25H31ClFN7O5S. The zero-order chi connectivity index (χ0) is 28.9. The van der Waals surface area contributed by atoms with Crippen molar-refractivity contribution in [2.75, 3.05) is 36.6 Å². The van der Waals surface area contributed by atoms with E-state index < -0.39 is 21.9 Å². The van der Waals surface area contributed by atoms with Gasteiger partial charge in [-0.05, 0) is 43.9 Å². The maximum atomic E-state index is 15.7. The smallest absolute Gasteiger partial charge is 0.407 e. The van der Waals surface area contributed by atoms with Gasteiger partial charge >= 0.3 is 6.09 Å². The van der Waals surface area contributed by atoms with Crippen molar-refractivity contribution >= 4 is 39.4 Å². The van der Waals surface area contributed by atoms with E-state index in [-0.39, 0.29) is 40.2 Å². The third kappa shape index (κ3) is 7.37. The van der Waals surface area contributed by atoms with Crippen LogP contribution in [0.2, 0.25) is 5.02 Å². The molecule has 1 fully saturated rings. The van der Waals surface area contributed by atoms with Crippen molar-refractivity contribution in [2.45, 2.75) is 44.9 Å². The van der Waals surface area contributed by atoms with Gasteiger partial charge in [-0.1, -0.05) is 18.5 Å². The average Bonchev–Trinajstić information content (AvgIpc) is 3.38. The van der Waals surface area contributed by atoms with Crippen molar-refractivity contribution in [2.24, 2.45) is 0 Å². The van der Waals surface area contributed by atoms with Crippen LogP contribution in [-0.4, -0.2) is 66.8 Å². The molecule has 3 aromatic rings. The molecule has 4 rings (SSSR count). The summed E-state index contributed by atoms with van der Waals surface area (Å²) in [4.78, 5) is 20.5. The minimum atomic E-state index is -3.78. The molecule has 0 spiro atoms. The molecule has 2 atom stereocenters. The summed E-state index contributed by atoms with van der Waals surface area (Å²) in [6.07, 6.45) is 6.53. The van der Waals surface area contributed by atoms with Crippen LogP contribution in [0.4, 0.5) is 20.8 Å². The Hall–Kier alpha value is -3.49. The number of sulfonamides is 1. The molecule has 1 aromatic carbocycles. The van der Waals surface area contributed by atoms with Crippen LogP contribution in [-0.2, 0) is 19.5 Å². The van der Waals surface area contributed by atoms with E-state index in [2.05, 4.69) is 35.2 Å². The number of nitrogens with zero attached hydrogens (tertiary/aromatic N) is 4. The predicted octanol–water partition coefficient (Wildman–Crippen LogP) is 4.42. The molecule has 0 bridgehead atoms. The molecule has 2 aromatic heterocycles. The molecule has 15 heteroatoms. The van der Waals surface area contributed by atoms with E-state index in [1.54, 1.807) is 23.1 Å². The summed E-state index contributed by atoms with van der Waals surface area (Å²) in [5.41, 5.74) is 0.790. The Morgan fingerprint density at radius 3 is 2.80 bits per heavy atom. The van der Waals surface area contributed by atoms with Crippen LogP contribution in [0.3, 0.4) is 0 Å². The van der Waals surface area contributed by atoms with Gasteiger partial charge < -0.3 is 20.1 Å². The first-order valence-corrected chi connectivity index (χ1v) is 14.9. The van der Waals surface area contributed by atoms with Gasteiger partial charge in [0.05, 0.1) is 24.7 Å². The Kier molecular flexibility index (Phi) is 9.43. The van der Waals surface area contributed by atoms with Crippen molar-refractivity contribution < 1.29 is 27.1 Å². The van der Waals surface area contributed by atoms with Crippen LogP contribution in [0.15, 0.2) is 30.6 Å². The molecule has 0 radical (unpaired) electrons. The van der Waals surface area contributed by atoms with Crippen LogP contribution in [0, 0.1) is 5.82 Å². The van der Waals surface area contributed by atoms with E-state index in [0.717, 1.165) is 25.5 Å². The molecule has 3 N–H and O–H groups in total. The van der Waals surface area contributed by atoms with Crippen LogP contribution >= 0.6 is 11.6 Å². The van der Waals surface area contributed by atoms with Crippen molar-refractivity contribution in [1.29, 1.82) is 0 Å². The second-order valence-electron chi connectivity index (χ2n) is 9.27. The third-order valence-corrected chi connectivity index (χ3v) is 7.02. The Bertz CT molecular complexity index is 1460. The zero-order valence-corrected chi connectivity index (χ0v) is 23.9. The lowest BCUT2D eigenvalue weighted by atomic mass is 10.0. The van der Waals surface area contributed by atoms with Gasteiger partial charge in [-0.2, -0.15) is 5.10 Å². The summed E-state index contributed by atoms with van der Waals surface area (Å²) in [6.45, 7) is 2.82. The van der Waals surface area contributed by atoms with E-state index in [9.17, 15) is 13.2 Å². The van der Waals surface area contributed by atoms with Crippen LogP contribution < -0.4 is 15.4 Å². The number of anilines is 2. The minimum absolute atomic E-state index is 0.00958. The van der Waals surface area contributed by atoms with Crippen molar-refractivity contribution in [3.63, 3.8) is 0 Å². The molecule has 0 saturated carbocycles. The second-order valence-corrected chi connectivity index (χ2v) is 11.5. The lowest BCUT2D eigenvalue weighted by Crippen LogP contribution is -2.39. The van der Waals surface area contributed by atoms with Crippen LogP contribution in [0.1, 0.15) is 38.8 Å². The van der Waals surface area contributed by atoms with E-state index in [1.165, 1.54) is 19.2 Å². The molecule has 3 heterocycles. The third-order valence-electron chi connectivity index (χ3n) is 6.21. The Labute approximate surface area is 236 Å². The maximum Gasteiger partial charge on any atom is 0.407 e. The number of rotatable bonds is 10. The van der Waals surface area contributed by atoms with E-state index in [0.29, 0.717) is 30.8 Å². The molecule has 1 aliphatic heterocycles. The molecule has 40 heavy (non-hydrogen) atoms. The number of carbonyl (C=O) groups excluding carboxylic acids is 1. The van der Waals surface area contributed by atoms with Crippen molar-refractivity contribution in [3.05, 3.63) is 41.4 Å². The first kappa shape index (κ1) is 29.5. The Balaban J connectivity index is 1.74. The summed E-state index contributed by atoms with van der Waals surface area (Å²) in [7, 11) is -2.48. The highest BCUT2D eigenvalue weighted by atomic mass is 35.5. The van der Waals surface area contributed by atoms with Crippen LogP contribution in [0.5, 0.6) is 0 Å². The van der Waals surface area contributed by atoms with Gasteiger partial charge in [0.1, 0.15) is 11.9 Å². The normalized spacial score (nSPS) is 16.3. The van der Waals surface area contributed by atoms with Gasteiger partial charge in [0.25, 0.3) is 0 Å². The molecule has 12 nitrogen and oxygen atoms in total. The summed E-state index contributed by atoms with van der Waals surface area (Å²) >= 11 is 6.28. The number of aromatic nitrogens is 4. The standard InChI is InChI=1S/C25H31ClFN7O5S/c1-4-16(30-25(35)38-2)13-29-24-28-9-8-19(31-24)18-14-34(21-7-5-6-10-39-21)32-23(18)17-11-15(26)12-20(22(17)27)33-40(3,36)37/h8-9,11-12,14,16,21,33H,4-7,10,13H2,1-3H3,(H,30,35)(H,28,29,31)/t16-,21?/m0/s1. The van der Waals surface area contributed by atoms with E-state index in [4.69, 9.17) is 16.3 Å². The number of nitrogens with one attached hydrogen (secondary N) is 3. The van der Waals surface area contributed by atoms with Crippen molar-refractivity contribution in [1.82, 2.24) is 25.1 Å². The minimum Gasteiger partial charge on any atom is -0.453 e. The predicted molar refractivity (Wildman–Crippen MR) is 149 cm³/mol. The number of hydrogen-bond acceptors (Lipinski definition) is 9. The molecule has 216 valence electrons. The lowest BCUT2D eigenvalue weighted by molar-refractivity contribution is -0.0393. The molecule has 1 amide bonds. The number of halogens is 2. The first-order chi connectivity index (χ1) is 19.1. The zero-order valence-electron chi connectivity index (χ0n) is 22.3. The Morgan fingerprint density at radius 1 is 1.32 bits per heavy atom. The molecule has 0 aliphatic carbocycles. The van der Waals surface area contributed by atoms with Gasteiger partial charge in [0.2, 0.25) is 16.0 Å². The Morgan fingerprint density at radius 2 is 2.12 bits per heavy atom. The second kappa shape index (κ2) is 12.8. The van der Waals surface area contributed by atoms with E-state index in [1.807, 2.05) is 6.92 Å². The largest absolute Gasteiger partial charge is 0.453 e. The van der Waals surface area contributed by atoms with Crippen molar-refractivity contribution in [3.8, 4) is 22.5 Å². The highest BCUT2D eigenvalue weighted by Crippen LogP contribution is 2.38. The fourth-order valence-electron chi connectivity index (χ4n) is 4.22. The number of alkyl carbamates (subject to hydrolysis) is 1. The van der Waals surface area contributed by atoms with Gasteiger partial charge in [-0.25, -0.2) is 32.3 Å². The topological polar surface area (TPSA) is 149 Å². The van der Waals surface area contributed by atoms with Gasteiger partial charge in [0.15, 0.2) is 5.82 Å². The lowest BCUT2D eigenvalue weighted by Gasteiger charge is -2.22. The molecule has 1 unspecified atom stereocenters. The number of carbonyl (C=O) groups is 1. The number of methoxy groups -OCH3 is 1. The molecular weight excluding hydrogens is 565 g/mol. The maximum absolute atomic E-state index is 15.7. The van der Waals surface area contributed by atoms with Gasteiger partial charge in [0, 0.05) is 47.7 Å². The fraction of sp³-hybridized carbons (Fsp3) is 0.440. The quantitative estimate of drug-likeness (QED) is 0.309. The number of hydrogen-bond donors (Lipinski definition) is 3. The number of benzene rings is 1. The fourth-order valence-corrected chi connectivity index (χ4v) is 4.99. The van der Waals surface area contributed by atoms with Gasteiger partial charge in [-0.15, -0.1) is 0 Å². The summed E-state index contributed by atoms with van der Waals surface area (Å²) in [5.74, 6) is -0.556. The van der Waals surface area contributed by atoms with Gasteiger partial charge in [-0.3, -0.25) is 4.72 Å². The number of ether oxygens (including phenoxy) is 2. The van der Waals surface area contributed by atoms with Crippen LogP contribution in [0.25, 0.3) is 22.5 Å². The van der Waals surface area contributed by atoms with E-state index >= 15 is 4.39 Å².